The maximum absolute atomic E-state index is 11.6. The number of nitrogens with zero attached hydrogens (tertiary/aromatic N) is 3. The standard InChI is InChI=1S/C16H35N5O3S/c1-6-21(25(5,22)23)9-7-8-18-15(17-4)19-14-16(2,3)20-10-12-24-13-11-20/h6-14H2,1-5H3,(H2,17,18,19). The van der Waals surface area contributed by atoms with E-state index >= 15 is 0 Å². The smallest absolute Gasteiger partial charge is 0.211 e. The number of morpholine rings is 1. The minimum Gasteiger partial charge on any atom is -0.379 e. The van der Waals surface area contributed by atoms with Crippen molar-refractivity contribution in [2.45, 2.75) is 32.7 Å². The molecule has 1 aliphatic rings. The van der Waals surface area contributed by atoms with Crippen LogP contribution in [-0.4, -0.2) is 94.9 Å². The van der Waals surface area contributed by atoms with Crippen molar-refractivity contribution in [3.05, 3.63) is 0 Å². The topological polar surface area (TPSA) is 86.3 Å². The van der Waals surface area contributed by atoms with Gasteiger partial charge in [0.1, 0.15) is 0 Å². The Bertz CT molecular complexity index is 516. The van der Waals surface area contributed by atoms with Crippen LogP contribution in [0.4, 0.5) is 0 Å². The molecule has 9 heteroatoms. The first kappa shape index (κ1) is 22.1. The van der Waals surface area contributed by atoms with Gasteiger partial charge in [0.2, 0.25) is 10.0 Å². The number of aliphatic imine (C=N–C) groups is 1. The number of guanidine groups is 1. The molecule has 1 fully saturated rings. The lowest BCUT2D eigenvalue weighted by Gasteiger charge is -2.41. The molecule has 0 spiro atoms. The lowest BCUT2D eigenvalue weighted by Crippen LogP contribution is -2.56. The summed E-state index contributed by atoms with van der Waals surface area (Å²) in [5, 5.41) is 6.61. The lowest BCUT2D eigenvalue weighted by molar-refractivity contribution is -0.00833. The molecule has 0 unspecified atom stereocenters. The maximum atomic E-state index is 11.6. The molecule has 0 saturated carbocycles. The van der Waals surface area contributed by atoms with Gasteiger partial charge in [0.15, 0.2) is 5.96 Å². The van der Waals surface area contributed by atoms with Crippen LogP contribution in [0.2, 0.25) is 0 Å². The van der Waals surface area contributed by atoms with Crippen molar-refractivity contribution in [2.75, 3.05) is 65.8 Å². The number of rotatable bonds is 9. The molecule has 0 aromatic rings. The Morgan fingerprint density at radius 3 is 2.44 bits per heavy atom. The summed E-state index contributed by atoms with van der Waals surface area (Å²) in [4.78, 5) is 6.66. The second-order valence-electron chi connectivity index (χ2n) is 6.87. The van der Waals surface area contributed by atoms with Crippen LogP contribution in [0.5, 0.6) is 0 Å². The van der Waals surface area contributed by atoms with E-state index in [1.807, 2.05) is 6.92 Å². The van der Waals surface area contributed by atoms with Gasteiger partial charge in [0, 0.05) is 51.9 Å². The molecule has 1 saturated heterocycles. The number of sulfonamides is 1. The summed E-state index contributed by atoms with van der Waals surface area (Å²) in [5.74, 6) is 0.740. The molecule has 1 heterocycles. The van der Waals surface area contributed by atoms with Crippen LogP contribution in [0.25, 0.3) is 0 Å². The van der Waals surface area contributed by atoms with Gasteiger partial charge in [-0.3, -0.25) is 9.89 Å². The predicted molar refractivity (Wildman–Crippen MR) is 103 cm³/mol. The number of ether oxygens (including phenoxy) is 1. The van der Waals surface area contributed by atoms with E-state index in [2.05, 4.69) is 34.4 Å². The molecule has 1 aliphatic heterocycles. The highest BCUT2D eigenvalue weighted by molar-refractivity contribution is 7.88. The third kappa shape index (κ3) is 7.89. The first-order chi connectivity index (χ1) is 11.7. The first-order valence-electron chi connectivity index (χ1n) is 8.93. The molecule has 2 N–H and O–H groups in total. The van der Waals surface area contributed by atoms with Crippen LogP contribution in [0, 0.1) is 0 Å². The molecule has 0 amide bonds. The zero-order chi connectivity index (χ0) is 18.9. The van der Waals surface area contributed by atoms with Gasteiger partial charge < -0.3 is 15.4 Å². The Balaban J connectivity index is 2.34. The summed E-state index contributed by atoms with van der Waals surface area (Å²) in [6, 6.07) is 0. The largest absolute Gasteiger partial charge is 0.379 e. The van der Waals surface area contributed by atoms with Gasteiger partial charge in [-0.25, -0.2) is 12.7 Å². The van der Waals surface area contributed by atoms with Crippen molar-refractivity contribution >= 4 is 16.0 Å². The van der Waals surface area contributed by atoms with Crippen LogP contribution in [-0.2, 0) is 14.8 Å². The summed E-state index contributed by atoms with van der Waals surface area (Å²) in [7, 11) is -1.38. The zero-order valence-corrected chi connectivity index (χ0v) is 17.2. The minimum absolute atomic E-state index is 0.0106. The molecule has 0 atom stereocenters. The fraction of sp³-hybridized carbons (Fsp3) is 0.938. The number of nitrogens with one attached hydrogen (secondary N) is 2. The van der Waals surface area contributed by atoms with Crippen LogP contribution in [0.1, 0.15) is 27.2 Å². The van der Waals surface area contributed by atoms with Crippen molar-refractivity contribution in [3.8, 4) is 0 Å². The van der Waals surface area contributed by atoms with E-state index in [4.69, 9.17) is 4.74 Å². The van der Waals surface area contributed by atoms with E-state index in [0.29, 0.717) is 19.6 Å². The summed E-state index contributed by atoms with van der Waals surface area (Å²) >= 11 is 0. The third-order valence-electron chi connectivity index (χ3n) is 4.48. The SMILES string of the molecule is CCN(CCCNC(=NC)NCC(C)(C)N1CCOCC1)S(C)(=O)=O. The van der Waals surface area contributed by atoms with Gasteiger partial charge in [-0.2, -0.15) is 0 Å². The number of hydrogen-bond acceptors (Lipinski definition) is 5. The van der Waals surface area contributed by atoms with Crippen molar-refractivity contribution in [1.82, 2.24) is 19.8 Å². The van der Waals surface area contributed by atoms with Crippen molar-refractivity contribution in [3.63, 3.8) is 0 Å². The van der Waals surface area contributed by atoms with Gasteiger partial charge in [-0.1, -0.05) is 6.92 Å². The van der Waals surface area contributed by atoms with E-state index in [0.717, 1.165) is 45.2 Å². The number of hydrogen-bond donors (Lipinski definition) is 2. The predicted octanol–water partition coefficient (Wildman–Crippen LogP) is -0.0662. The van der Waals surface area contributed by atoms with Crippen LogP contribution < -0.4 is 10.6 Å². The summed E-state index contributed by atoms with van der Waals surface area (Å²) in [5.41, 5.74) is 0.0106. The van der Waals surface area contributed by atoms with Crippen LogP contribution in [0.3, 0.4) is 0 Å². The summed E-state index contributed by atoms with van der Waals surface area (Å²) < 4.78 is 30.0. The maximum Gasteiger partial charge on any atom is 0.211 e. The first-order valence-corrected chi connectivity index (χ1v) is 10.8. The third-order valence-corrected chi connectivity index (χ3v) is 5.86. The Kier molecular flexibility index (Phi) is 9.12. The van der Waals surface area contributed by atoms with Gasteiger partial charge in [0.25, 0.3) is 0 Å². The lowest BCUT2D eigenvalue weighted by atomic mass is 10.0. The molecule has 148 valence electrons. The van der Waals surface area contributed by atoms with Gasteiger partial charge in [0.05, 0.1) is 19.5 Å². The highest BCUT2D eigenvalue weighted by Gasteiger charge is 2.28. The second kappa shape index (κ2) is 10.3. The van der Waals surface area contributed by atoms with E-state index in [1.165, 1.54) is 10.6 Å². The quantitative estimate of drug-likeness (QED) is 0.332. The molecule has 0 radical (unpaired) electrons. The highest BCUT2D eigenvalue weighted by Crippen LogP contribution is 2.14. The van der Waals surface area contributed by atoms with Gasteiger partial charge in [-0.05, 0) is 20.3 Å². The Morgan fingerprint density at radius 2 is 1.92 bits per heavy atom. The monoisotopic (exact) mass is 377 g/mol. The van der Waals surface area contributed by atoms with E-state index in [-0.39, 0.29) is 5.54 Å². The Hall–Kier alpha value is -0.900. The highest BCUT2D eigenvalue weighted by atomic mass is 32.2. The normalized spacial score (nSPS) is 17.8. The summed E-state index contributed by atoms with van der Waals surface area (Å²) in [6.45, 7) is 12.2. The molecule has 8 nitrogen and oxygen atoms in total. The van der Waals surface area contributed by atoms with Crippen LogP contribution in [0.15, 0.2) is 4.99 Å². The molecule has 0 aromatic heterocycles. The van der Waals surface area contributed by atoms with E-state index in [1.54, 1.807) is 7.05 Å². The van der Waals surface area contributed by atoms with Crippen molar-refractivity contribution in [2.24, 2.45) is 4.99 Å². The Labute approximate surface area is 153 Å². The van der Waals surface area contributed by atoms with E-state index in [9.17, 15) is 8.42 Å². The molecule has 25 heavy (non-hydrogen) atoms. The molecule has 0 aliphatic carbocycles. The Morgan fingerprint density at radius 1 is 1.28 bits per heavy atom. The zero-order valence-electron chi connectivity index (χ0n) is 16.3. The van der Waals surface area contributed by atoms with E-state index < -0.39 is 10.0 Å². The van der Waals surface area contributed by atoms with Crippen molar-refractivity contribution in [1.29, 1.82) is 0 Å². The molecule has 1 rings (SSSR count). The minimum atomic E-state index is -3.12. The van der Waals surface area contributed by atoms with Crippen LogP contribution >= 0.6 is 0 Å². The fourth-order valence-corrected chi connectivity index (χ4v) is 3.75. The average molecular weight is 378 g/mol. The van der Waals surface area contributed by atoms with Gasteiger partial charge in [-0.15, -0.1) is 0 Å². The van der Waals surface area contributed by atoms with Gasteiger partial charge >= 0.3 is 0 Å². The molecular formula is C16H35N5O3S. The fourth-order valence-electron chi connectivity index (χ4n) is 2.82. The van der Waals surface area contributed by atoms with Crippen molar-refractivity contribution < 1.29 is 13.2 Å². The molecule has 0 aromatic carbocycles. The summed E-state index contributed by atoms with van der Waals surface area (Å²) in [6.07, 6.45) is 1.98. The average Bonchev–Trinajstić information content (AvgIpc) is 2.57. The second-order valence-corrected chi connectivity index (χ2v) is 8.86. The molecular weight excluding hydrogens is 342 g/mol. The molecule has 0 bridgehead atoms.